The van der Waals surface area contributed by atoms with E-state index >= 15 is 0 Å². The number of aryl methyl sites for hydroxylation is 1. The first-order valence-corrected chi connectivity index (χ1v) is 9.98. The van der Waals surface area contributed by atoms with Crippen LogP contribution in [0.2, 0.25) is 5.02 Å². The van der Waals surface area contributed by atoms with E-state index in [1.807, 2.05) is 19.0 Å². The number of hydrogen-bond donors (Lipinski definition) is 2. The maximum Gasteiger partial charge on any atom is 0.238 e. The molecule has 1 aliphatic carbocycles. The van der Waals surface area contributed by atoms with Crippen molar-refractivity contribution in [2.45, 2.75) is 30.4 Å². The summed E-state index contributed by atoms with van der Waals surface area (Å²) in [5.41, 5.74) is 2.31. The molecule has 26 heavy (non-hydrogen) atoms. The molecule has 1 aliphatic rings. The average molecular weight is 397 g/mol. The molecule has 2 aromatic carbocycles. The summed E-state index contributed by atoms with van der Waals surface area (Å²) >= 11 is 6.12. The maximum absolute atomic E-state index is 11.5. The van der Waals surface area contributed by atoms with Crippen molar-refractivity contribution in [3.63, 3.8) is 0 Å². The fourth-order valence-electron chi connectivity index (χ4n) is 3.31. The molecular weight excluding hydrogens is 376 g/mol. The molecule has 8 heteroatoms. The lowest BCUT2D eigenvalue weighted by molar-refractivity contribution is 0.110. The van der Waals surface area contributed by atoms with Gasteiger partial charge in [0.2, 0.25) is 10.0 Å². The van der Waals surface area contributed by atoms with Gasteiger partial charge in [0.1, 0.15) is 17.6 Å². The van der Waals surface area contributed by atoms with Crippen LogP contribution in [0.3, 0.4) is 0 Å². The molecule has 0 heterocycles. The zero-order valence-corrected chi connectivity index (χ0v) is 16.3. The maximum atomic E-state index is 11.5. The third kappa shape index (κ3) is 3.53. The molecule has 2 atom stereocenters. The van der Waals surface area contributed by atoms with Gasteiger partial charge in [0.05, 0.1) is 10.9 Å². The molecule has 0 spiro atoms. The first-order chi connectivity index (χ1) is 12.1. The highest BCUT2D eigenvalue weighted by molar-refractivity contribution is 7.89. The number of benzene rings is 2. The topological polar surface area (TPSA) is 92.9 Å². The van der Waals surface area contributed by atoms with Gasteiger partial charge in [-0.3, -0.25) is 0 Å². The summed E-state index contributed by atoms with van der Waals surface area (Å²) in [7, 11) is 0.126. The monoisotopic (exact) mass is 396 g/mol. The Morgan fingerprint density at radius 3 is 2.54 bits per heavy atom. The number of phenols is 1. The van der Waals surface area contributed by atoms with E-state index in [9.17, 15) is 13.5 Å². The molecule has 0 aliphatic heterocycles. The summed E-state index contributed by atoms with van der Waals surface area (Å²) < 4.78 is 29.3. The molecule has 0 aromatic heterocycles. The zero-order chi connectivity index (χ0) is 19.2. The van der Waals surface area contributed by atoms with E-state index in [0.717, 1.165) is 11.1 Å². The largest absolute Gasteiger partial charge is 0.508 e. The molecule has 0 saturated carbocycles. The van der Waals surface area contributed by atoms with Crippen LogP contribution < -0.4 is 9.88 Å². The molecule has 0 bridgehead atoms. The number of phenolic OH excluding ortho intramolecular Hbond substituents is 1. The van der Waals surface area contributed by atoms with Crippen molar-refractivity contribution in [1.29, 1.82) is 0 Å². The Morgan fingerprint density at radius 1 is 1.27 bits per heavy atom. The molecule has 3 rings (SSSR count). The number of sulfonamides is 1. The van der Waals surface area contributed by atoms with Crippen molar-refractivity contribution >= 4 is 21.6 Å². The van der Waals surface area contributed by atoms with Gasteiger partial charge in [0.25, 0.3) is 0 Å². The average Bonchev–Trinajstić information content (AvgIpc) is 2.87. The third-order valence-corrected chi connectivity index (χ3v) is 5.82. The number of halogens is 1. The van der Waals surface area contributed by atoms with E-state index in [2.05, 4.69) is 0 Å². The van der Waals surface area contributed by atoms with Gasteiger partial charge in [-0.15, -0.1) is 0 Å². The van der Waals surface area contributed by atoms with Crippen molar-refractivity contribution in [1.82, 2.24) is 4.90 Å². The van der Waals surface area contributed by atoms with Gasteiger partial charge >= 0.3 is 0 Å². The van der Waals surface area contributed by atoms with Crippen LogP contribution in [-0.2, 0) is 16.4 Å². The fraction of sp³-hybridized carbons (Fsp3) is 0.333. The number of nitrogens with zero attached hydrogens (tertiary/aromatic N) is 1. The first-order valence-electron chi connectivity index (χ1n) is 8.05. The quantitative estimate of drug-likeness (QED) is 0.828. The van der Waals surface area contributed by atoms with Crippen LogP contribution in [0.25, 0.3) is 0 Å². The van der Waals surface area contributed by atoms with Gasteiger partial charge in [-0.2, -0.15) is 0 Å². The van der Waals surface area contributed by atoms with Crippen molar-refractivity contribution in [3.8, 4) is 11.5 Å². The Kier molecular flexibility index (Phi) is 4.92. The number of primary sulfonamides is 1. The zero-order valence-electron chi connectivity index (χ0n) is 14.7. The molecule has 6 nitrogen and oxygen atoms in total. The van der Waals surface area contributed by atoms with Crippen LogP contribution in [-0.4, -0.2) is 38.6 Å². The molecule has 3 N–H and O–H groups in total. The second-order valence-electron chi connectivity index (χ2n) is 6.74. The van der Waals surface area contributed by atoms with E-state index in [0.29, 0.717) is 22.8 Å². The van der Waals surface area contributed by atoms with E-state index in [1.165, 1.54) is 18.2 Å². The second kappa shape index (κ2) is 6.74. The summed E-state index contributed by atoms with van der Waals surface area (Å²) in [4.78, 5) is 2.07. The lowest BCUT2D eigenvalue weighted by Gasteiger charge is -2.28. The SMILES string of the molecule is Cc1cc(S(N)(=O)=O)ccc1O[C@H]1c2cc(Cl)cc(O)c2C[C@@H]1N(C)C. The Bertz CT molecular complexity index is 960. The van der Waals surface area contributed by atoms with Gasteiger partial charge in [-0.25, -0.2) is 13.6 Å². The number of fused-ring (bicyclic) bond motifs is 1. The Balaban J connectivity index is 2.01. The number of likely N-dealkylation sites (N-methyl/N-ethyl adjacent to an activating group) is 1. The highest BCUT2D eigenvalue weighted by Crippen LogP contribution is 2.43. The first kappa shape index (κ1) is 19.0. The highest BCUT2D eigenvalue weighted by Gasteiger charge is 2.38. The molecule has 140 valence electrons. The van der Waals surface area contributed by atoms with Gasteiger partial charge < -0.3 is 14.7 Å². The smallest absolute Gasteiger partial charge is 0.238 e. The van der Waals surface area contributed by atoms with Gasteiger partial charge in [0.15, 0.2) is 0 Å². The highest BCUT2D eigenvalue weighted by atomic mass is 35.5. The lowest BCUT2D eigenvalue weighted by Crippen LogP contribution is -2.34. The fourth-order valence-corrected chi connectivity index (χ4v) is 4.13. The molecule has 2 aromatic rings. The molecular formula is C18H21ClN2O4S. The molecule has 0 radical (unpaired) electrons. The summed E-state index contributed by atoms with van der Waals surface area (Å²) in [6.07, 6.45) is 0.285. The minimum Gasteiger partial charge on any atom is -0.508 e. The van der Waals surface area contributed by atoms with Crippen molar-refractivity contribution < 1.29 is 18.3 Å². The summed E-state index contributed by atoms with van der Waals surface area (Å²) in [6, 6.07) is 7.85. The van der Waals surface area contributed by atoms with Crippen LogP contribution >= 0.6 is 11.6 Å². The number of ether oxygens (including phenoxy) is 1. The van der Waals surface area contributed by atoms with Crippen molar-refractivity contribution in [2.75, 3.05) is 14.1 Å². The Labute approximate surface area is 158 Å². The summed E-state index contributed by atoms with van der Waals surface area (Å²) in [5.74, 6) is 0.716. The Morgan fingerprint density at radius 2 is 1.96 bits per heavy atom. The van der Waals surface area contributed by atoms with Crippen LogP contribution in [0.15, 0.2) is 35.2 Å². The van der Waals surface area contributed by atoms with E-state index < -0.39 is 10.0 Å². The van der Waals surface area contributed by atoms with Crippen LogP contribution in [0, 0.1) is 6.92 Å². The van der Waals surface area contributed by atoms with Gasteiger partial charge in [-0.05, 0) is 63.3 Å². The van der Waals surface area contributed by atoms with Crippen molar-refractivity contribution in [3.05, 3.63) is 52.0 Å². The van der Waals surface area contributed by atoms with Crippen LogP contribution in [0.5, 0.6) is 11.5 Å². The third-order valence-electron chi connectivity index (χ3n) is 4.69. The van der Waals surface area contributed by atoms with Gasteiger partial charge in [0, 0.05) is 16.1 Å². The number of nitrogens with two attached hydrogens (primary N) is 1. The second-order valence-corrected chi connectivity index (χ2v) is 8.74. The van der Waals surface area contributed by atoms with Crippen molar-refractivity contribution in [2.24, 2.45) is 5.14 Å². The van der Waals surface area contributed by atoms with Crippen LogP contribution in [0.4, 0.5) is 0 Å². The number of rotatable bonds is 4. The Hall–Kier alpha value is -1.80. The van der Waals surface area contributed by atoms with E-state index in [4.69, 9.17) is 21.5 Å². The molecule has 0 saturated heterocycles. The predicted octanol–water partition coefficient (Wildman–Crippen LogP) is 2.61. The molecule has 0 unspecified atom stereocenters. The summed E-state index contributed by atoms with van der Waals surface area (Å²) in [5, 5.41) is 15.9. The number of aromatic hydroxyl groups is 1. The summed E-state index contributed by atoms with van der Waals surface area (Å²) in [6.45, 7) is 1.76. The lowest BCUT2D eigenvalue weighted by atomic mass is 10.1. The normalized spacial score (nSPS) is 19.6. The van der Waals surface area contributed by atoms with E-state index in [-0.39, 0.29) is 22.8 Å². The number of hydrogen-bond acceptors (Lipinski definition) is 5. The molecule has 0 amide bonds. The molecule has 0 fully saturated rings. The van der Waals surface area contributed by atoms with E-state index in [1.54, 1.807) is 19.1 Å². The van der Waals surface area contributed by atoms with Crippen LogP contribution in [0.1, 0.15) is 22.8 Å². The predicted molar refractivity (Wildman–Crippen MR) is 100 cm³/mol. The van der Waals surface area contributed by atoms with Gasteiger partial charge in [-0.1, -0.05) is 11.6 Å². The minimum absolute atomic E-state index is 0.00619. The minimum atomic E-state index is -3.77. The standard InChI is InChI=1S/C18H21ClN2O4S/c1-10-6-12(26(20,23)24)4-5-17(10)25-18-14-7-11(19)8-16(22)13(14)9-15(18)21(2)3/h4-8,15,18,22H,9H2,1-3H3,(H2,20,23,24)/t15-,18-/m0/s1.